The Kier molecular flexibility index (Phi) is 9.08. The lowest BCUT2D eigenvalue weighted by Crippen LogP contribution is -2.56. The van der Waals surface area contributed by atoms with E-state index in [0.29, 0.717) is 24.4 Å². The molecule has 2 unspecified atom stereocenters. The molecule has 1 aromatic heterocycles. The molecule has 2 bridgehead atoms. The number of amides is 2. The maximum Gasteiger partial charge on any atom is 0.264 e. The average Bonchev–Trinajstić information content (AvgIpc) is 3.74. The van der Waals surface area contributed by atoms with Gasteiger partial charge in [-0.25, -0.2) is 13.1 Å². The molecule has 4 fully saturated rings. The molecule has 2 amide bonds. The number of aromatic nitrogens is 1. The lowest BCUT2D eigenvalue weighted by molar-refractivity contribution is -0.143. The van der Waals surface area contributed by atoms with Crippen molar-refractivity contribution in [2.45, 2.75) is 102 Å². The van der Waals surface area contributed by atoms with E-state index >= 15 is 0 Å². The summed E-state index contributed by atoms with van der Waals surface area (Å²) >= 11 is 0. The Morgan fingerprint density at radius 1 is 0.958 bits per heavy atom. The highest BCUT2D eigenvalue weighted by atomic mass is 32.2. The van der Waals surface area contributed by atoms with Crippen LogP contribution in [0.2, 0.25) is 0 Å². The Labute approximate surface area is 285 Å². The number of methoxy groups -OCH3 is 1. The zero-order valence-electron chi connectivity index (χ0n) is 28.7. The summed E-state index contributed by atoms with van der Waals surface area (Å²) in [6.45, 7) is 4.30. The zero-order valence-corrected chi connectivity index (χ0v) is 29.5. The summed E-state index contributed by atoms with van der Waals surface area (Å²) in [6.07, 6.45) is 10.8. The summed E-state index contributed by atoms with van der Waals surface area (Å²) in [5, 5.41) is 1.08. The first kappa shape index (κ1) is 33.1. The molecule has 2 aliphatic heterocycles. The smallest absolute Gasteiger partial charge is 0.264 e. The van der Waals surface area contributed by atoms with Crippen molar-refractivity contribution in [3.8, 4) is 17.0 Å². The summed E-state index contributed by atoms with van der Waals surface area (Å²) < 4.78 is 35.6. The molecule has 1 N–H and O–H groups in total. The third kappa shape index (κ3) is 6.26. The van der Waals surface area contributed by atoms with E-state index in [1.807, 2.05) is 31.2 Å². The Bertz CT molecular complexity index is 1780. The molecule has 2 atom stereocenters. The number of benzene rings is 2. The normalized spacial score (nSPS) is 22.6. The topological polar surface area (TPSA) is 101 Å². The number of carbonyl (C=O) groups excluding carboxylic acids is 2. The van der Waals surface area contributed by atoms with Gasteiger partial charge in [0.25, 0.3) is 5.91 Å². The second kappa shape index (κ2) is 13.2. The van der Waals surface area contributed by atoms with Gasteiger partial charge in [0.2, 0.25) is 15.9 Å². The lowest BCUT2D eigenvalue weighted by Gasteiger charge is -2.41. The van der Waals surface area contributed by atoms with Gasteiger partial charge in [-0.15, -0.1) is 0 Å². The van der Waals surface area contributed by atoms with Gasteiger partial charge in [0.1, 0.15) is 5.75 Å². The molecule has 2 saturated carbocycles. The molecule has 0 spiro atoms. The van der Waals surface area contributed by atoms with Crippen molar-refractivity contribution in [2.24, 2.45) is 5.41 Å². The number of rotatable bonds is 11. The molecular weight excluding hydrogens is 625 g/mol. The second-order valence-electron chi connectivity index (χ2n) is 14.8. The second-order valence-corrected chi connectivity index (χ2v) is 16.7. The molecule has 2 aliphatic carbocycles. The first-order valence-electron chi connectivity index (χ1n) is 18.0. The number of nitrogens with zero attached hydrogens (tertiary/aromatic N) is 3. The van der Waals surface area contributed by atoms with E-state index < -0.39 is 21.3 Å². The van der Waals surface area contributed by atoms with Gasteiger partial charge < -0.3 is 19.1 Å². The molecule has 2 saturated heterocycles. The number of unbranched alkanes of at least 4 members (excludes halogenated alkanes) is 1. The van der Waals surface area contributed by atoms with Gasteiger partial charge in [0.05, 0.1) is 24.0 Å². The average molecular weight is 675 g/mol. The van der Waals surface area contributed by atoms with E-state index in [2.05, 4.69) is 38.3 Å². The molecule has 4 aliphatic rings. The first-order valence-corrected chi connectivity index (χ1v) is 19.6. The predicted molar refractivity (Wildman–Crippen MR) is 189 cm³/mol. The van der Waals surface area contributed by atoms with Gasteiger partial charge in [0.15, 0.2) is 0 Å². The minimum absolute atomic E-state index is 0.0831. The van der Waals surface area contributed by atoms with E-state index in [1.165, 1.54) is 24.8 Å². The standard InChI is InChI=1S/C38H50N4O5S/c1-4-5-21-48(45,46)39-36(43)28-13-18-32-33(22-28)41(25-38(19-20-38)37(44)42-29-14-15-30(42)24-40(2)23-29)35(27-11-16-31(47-3)17-12-27)34(32)26-9-7-6-8-10-26/h11-13,16-18,22,26,29-30H,4-10,14-15,19-21,23-25H2,1-3H3,(H,39,43). The van der Waals surface area contributed by atoms with Crippen LogP contribution in [0.4, 0.5) is 0 Å². The minimum atomic E-state index is -3.75. The summed E-state index contributed by atoms with van der Waals surface area (Å²) in [5.74, 6) is 0.717. The monoisotopic (exact) mass is 674 g/mol. The van der Waals surface area contributed by atoms with E-state index in [-0.39, 0.29) is 23.7 Å². The van der Waals surface area contributed by atoms with Crippen LogP contribution in [0.5, 0.6) is 5.75 Å². The van der Waals surface area contributed by atoms with Crippen molar-refractivity contribution >= 4 is 32.7 Å². The Hall–Kier alpha value is -3.37. The van der Waals surface area contributed by atoms with Gasteiger partial charge in [-0.2, -0.15) is 0 Å². The van der Waals surface area contributed by atoms with Crippen LogP contribution in [0.1, 0.15) is 99.4 Å². The van der Waals surface area contributed by atoms with Crippen molar-refractivity contribution < 1.29 is 22.7 Å². The van der Waals surface area contributed by atoms with Gasteiger partial charge in [-0.1, -0.05) is 38.7 Å². The minimum Gasteiger partial charge on any atom is -0.497 e. The number of likely N-dealkylation sites (tertiary alicyclic amines) is 1. The van der Waals surface area contributed by atoms with Crippen molar-refractivity contribution in [3.63, 3.8) is 0 Å². The molecule has 2 aromatic carbocycles. The molecule has 3 aromatic rings. The fourth-order valence-corrected chi connectivity index (χ4v) is 9.92. The molecule has 9 nitrogen and oxygen atoms in total. The zero-order chi connectivity index (χ0) is 33.6. The Morgan fingerprint density at radius 2 is 1.65 bits per heavy atom. The highest BCUT2D eigenvalue weighted by Gasteiger charge is 2.56. The SMILES string of the molecule is CCCCS(=O)(=O)NC(=O)c1ccc2c(C3CCCCC3)c(-c3ccc(OC)cc3)n(CC3(C(=O)N4C5CCC4CN(C)C5)CC3)c2c1. The van der Waals surface area contributed by atoms with Crippen LogP contribution in [0, 0.1) is 5.41 Å². The molecule has 10 heteroatoms. The van der Waals surface area contributed by atoms with Crippen molar-refractivity contribution in [1.29, 1.82) is 0 Å². The number of ether oxygens (including phenoxy) is 1. The fraction of sp³-hybridized carbons (Fsp3) is 0.579. The fourth-order valence-electron chi connectivity index (χ4n) is 8.74. The number of fused-ring (bicyclic) bond motifs is 3. The largest absolute Gasteiger partial charge is 0.497 e. The van der Waals surface area contributed by atoms with Crippen molar-refractivity contribution in [2.75, 3.05) is 33.0 Å². The molecule has 48 heavy (non-hydrogen) atoms. The van der Waals surface area contributed by atoms with Crippen LogP contribution in [0.25, 0.3) is 22.2 Å². The highest BCUT2D eigenvalue weighted by Crippen LogP contribution is 2.53. The van der Waals surface area contributed by atoms with Crippen LogP contribution in [-0.4, -0.2) is 79.7 Å². The number of hydrogen-bond donors (Lipinski definition) is 1. The molecular formula is C38H50N4O5S. The predicted octanol–water partition coefficient (Wildman–Crippen LogP) is 6.31. The summed E-state index contributed by atoms with van der Waals surface area (Å²) in [4.78, 5) is 32.6. The van der Waals surface area contributed by atoms with Gasteiger partial charge in [-0.05, 0) is 105 Å². The first-order chi connectivity index (χ1) is 23.1. The van der Waals surface area contributed by atoms with Gasteiger partial charge >= 0.3 is 0 Å². The summed E-state index contributed by atoms with van der Waals surface area (Å²) in [5.41, 5.74) is 4.15. The summed E-state index contributed by atoms with van der Waals surface area (Å²) in [7, 11) is 0.0775. The van der Waals surface area contributed by atoms with Gasteiger partial charge in [-0.3, -0.25) is 9.59 Å². The van der Waals surface area contributed by atoms with E-state index in [4.69, 9.17) is 4.74 Å². The lowest BCUT2D eigenvalue weighted by atomic mass is 9.81. The van der Waals surface area contributed by atoms with Crippen LogP contribution < -0.4 is 9.46 Å². The number of sulfonamides is 1. The number of carbonyl (C=O) groups is 2. The summed E-state index contributed by atoms with van der Waals surface area (Å²) in [6, 6.07) is 14.4. The molecule has 0 radical (unpaired) electrons. The van der Waals surface area contributed by atoms with Crippen LogP contribution >= 0.6 is 0 Å². The van der Waals surface area contributed by atoms with Crippen molar-refractivity contribution in [1.82, 2.24) is 19.1 Å². The number of nitrogens with one attached hydrogen (secondary N) is 1. The van der Waals surface area contributed by atoms with Gasteiger partial charge in [0, 0.05) is 48.2 Å². The van der Waals surface area contributed by atoms with Crippen LogP contribution in [0.3, 0.4) is 0 Å². The van der Waals surface area contributed by atoms with Crippen LogP contribution in [-0.2, 0) is 21.4 Å². The van der Waals surface area contributed by atoms with E-state index in [9.17, 15) is 18.0 Å². The maximum absolute atomic E-state index is 14.6. The van der Waals surface area contributed by atoms with Crippen LogP contribution in [0.15, 0.2) is 42.5 Å². The number of hydrogen-bond acceptors (Lipinski definition) is 6. The van der Waals surface area contributed by atoms with E-state index in [1.54, 1.807) is 13.2 Å². The maximum atomic E-state index is 14.6. The highest BCUT2D eigenvalue weighted by molar-refractivity contribution is 7.90. The number of piperazine rings is 1. The molecule has 258 valence electrons. The van der Waals surface area contributed by atoms with Crippen molar-refractivity contribution in [3.05, 3.63) is 53.6 Å². The number of likely N-dealkylation sites (N-methyl/N-ethyl adjacent to an activating group) is 1. The Morgan fingerprint density at radius 3 is 2.27 bits per heavy atom. The molecule has 7 rings (SSSR count). The Balaban J connectivity index is 1.35. The quantitative estimate of drug-likeness (QED) is 0.256. The van der Waals surface area contributed by atoms with E-state index in [0.717, 1.165) is 85.9 Å². The third-order valence-corrected chi connectivity index (χ3v) is 12.7. The molecule has 3 heterocycles. The third-order valence-electron chi connectivity index (χ3n) is 11.4.